The topological polar surface area (TPSA) is 108 Å². The van der Waals surface area contributed by atoms with E-state index in [-0.39, 0.29) is 11.9 Å². The number of nitrogens with one attached hydrogen (secondary N) is 1. The minimum Gasteiger partial charge on any atom is -0.421 e. The van der Waals surface area contributed by atoms with E-state index in [1.165, 1.54) is 6.33 Å². The van der Waals surface area contributed by atoms with Gasteiger partial charge in [0.25, 0.3) is 5.91 Å². The van der Waals surface area contributed by atoms with Crippen LogP contribution in [0, 0.1) is 0 Å². The van der Waals surface area contributed by atoms with E-state index in [0.29, 0.717) is 41.9 Å². The number of hydrogen-bond donors (Lipinski definition) is 1. The SMILES string of the molecule is COCCc1nnc(-c2cccc(C(=O)Nc3ncnn3C(C)C)c2)o1. The number of rotatable bonds is 7. The van der Waals surface area contributed by atoms with Gasteiger partial charge in [0.2, 0.25) is 17.7 Å². The van der Waals surface area contributed by atoms with Crippen LogP contribution in [-0.2, 0) is 11.2 Å². The van der Waals surface area contributed by atoms with Gasteiger partial charge in [0.05, 0.1) is 12.6 Å². The third-order valence-corrected chi connectivity index (χ3v) is 3.65. The first-order chi connectivity index (χ1) is 12.6. The lowest BCUT2D eigenvalue weighted by molar-refractivity contribution is 0.102. The summed E-state index contributed by atoms with van der Waals surface area (Å²) in [6.07, 6.45) is 1.94. The molecule has 1 amide bonds. The van der Waals surface area contributed by atoms with Crippen molar-refractivity contribution >= 4 is 11.9 Å². The fraction of sp³-hybridized carbons (Fsp3) is 0.353. The minimum absolute atomic E-state index is 0.0862. The Morgan fingerprint density at radius 2 is 2.19 bits per heavy atom. The number of hydrogen-bond acceptors (Lipinski definition) is 7. The predicted octanol–water partition coefficient (Wildman–Crippen LogP) is 2.35. The molecule has 2 heterocycles. The Bertz CT molecular complexity index is 886. The normalized spacial score (nSPS) is 11.1. The fourth-order valence-corrected chi connectivity index (χ4v) is 2.35. The molecule has 0 saturated carbocycles. The highest BCUT2D eigenvalue weighted by Gasteiger charge is 2.15. The standard InChI is InChI=1S/C17H20N6O3/c1-11(2)23-17(18-10-19-23)20-15(24)12-5-4-6-13(9-12)16-22-21-14(26-16)7-8-25-3/h4-6,9-11H,7-8H2,1-3H3,(H,18,19,20,24). The van der Waals surface area contributed by atoms with Crippen LogP contribution in [0.25, 0.3) is 11.5 Å². The van der Waals surface area contributed by atoms with Crippen LogP contribution in [0.5, 0.6) is 0 Å². The van der Waals surface area contributed by atoms with Crippen molar-refractivity contribution in [3.05, 3.63) is 42.0 Å². The summed E-state index contributed by atoms with van der Waals surface area (Å²) in [5.41, 5.74) is 1.12. The number of anilines is 1. The van der Waals surface area contributed by atoms with Gasteiger partial charge in [-0.3, -0.25) is 10.1 Å². The molecule has 0 aliphatic rings. The van der Waals surface area contributed by atoms with Crippen molar-refractivity contribution in [2.75, 3.05) is 19.0 Å². The van der Waals surface area contributed by atoms with Crippen LogP contribution in [-0.4, -0.2) is 44.6 Å². The highest BCUT2D eigenvalue weighted by Crippen LogP contribution is 2.20. The first-order valence-electron chi connectivity index (χ1n) is 8.21. The average Bonchev–Trinajstić information content (AvgIpc) is 3.29. The smallest absolute Gasteiger partial charge is 0.258 e. The Labute approximate surface area is 150 Å². The molecule has 9 nitrogen and oxygen atoms in total. The largest absolute Gasteiger partial charge is 0.421 e. The van der Waals surface area contributed by atoms with Gasteiger partial charge in [-0.15, -0.1) is 10.2 Å². The quantitative estimate of drug-likeness (QED) is 0.692. The molecule has 2 aromatic heterocycles. The van der Waals surface area contributed by atoms with E-state index in [0.717, 1.165) is 0 Å². The van der Waals surface area contributed by atoms with Crippen LogP contribution < -0.4 is 5.32 Å². The molecule has 0 radical (unpaired) electrons. The molecule has 9 heteroatoms. The van der Waals surface area contributed by atoms with Crippen molar-refractivity contribution in [1.82, 2.24) is 25.0 Å². The number of amides is 1. The molecular weight excluding hydrogens is 336 g/mol. The van der Waals surface area contributed by atoms with Crippen LogP contribution in [0.1, 0.15) is 36.1 Å². The minimum atomic E-state index is -0.291. The molecule has 0 atom stereocenters. The zero-order chi connectivity index (χ0) is 18.5. The summed E-state index contributed by atoms with van der Waals surface area (Å²) in [6.45, 7) is 4.42. The van der Waals surface area contributed by atoms with Gasteiger partial charge in [0.15, 0.2) is 0 Å². The zero-order valence-corrected chi connectivity index (χ0v) is 14.8. The molecule has 3 rings (SSSR count). The van der Waals surface area contributed by atoms with Crippen LogP contribution in [0.4, 0.5) is 5.95 Å². The highest BCUT2D eigenvalue weighted by molar-refractivity contribution is 6.03. The summed E-state index contributed by atoms with van der Waals surface area (Å²) in [5.74, 6) is 0.953. The average molecular weight is 356 g/mol. The van der Waals surface area contributed by atoms with Crippen molar-refractivity contribution in [3.8, 4) is 11.5 Å². The van der Waals surface area contributed by atoms with Crippen LogP contribution in [0.2, 0.25) is 0 Å². The summed E-state index contributed by atoms with van der Waals surface area (Å²) < 4.78 is 12.2. The van der Waals surface area contributed by atoms with E-state index in [2.05, 4.69) is 25.6 Å². The van der Waals surface area contributed by atoms with Gasteiger partial charge in [-0.05, 0) is 32.0 Å². The monoisotopic (exact) mass is 356 g/mol. The molecule has 0 fully saturated rings. The van der Waals surface area contributed by atoms with Gasteiger partial charge in [-0.1, -0.05) is 6.07 Å². The zero-order valence-electron chi connectivity index (χ0n) is 14.8. The lowest BCUT2D eigenvalue weighted by Crippen LogP contribution is -2.17. The molecule has 1 N–H and O–H groups in total. The first-order valence-corrected chi connectivity index (χ1v) is 8.21. The summed E-state index contributed by atoms with van der Waals surface area (Å²) in [4.78, 5) is 16.6. The molecule has 1 aromatic carbocycles. The Morgan fingerprint density at radius 3 is 2.96 bits per heavy atom. The van der Waals surface area contributed by atoms with Crippen molar-refractivity contribution in [1.29, 1.82) is 0 Å². The second-order valence-electron chi connectivity index (χ2n) is 5.90. The fourth-order valence-electron chi connectivity index (χ4n) is 2.35. The molecule has 0 aliphatic carbocycles. The molecule has 0 bridgehead atoms. The number of carbonyl (C=O) groups is 1. The van der Waals surface area contributed by atoms with E-state index >= 15 is 0 Å². The summed E-state index contributed by atoms with van der Waals surface area (Å²) in [7, 11) is 1.61. The maximum atomic E-state index is 12.5. The Morgan fingerprint density at radius 1 is 1.35 bits per heavy atom. The van der Waals surface area contributed by atoms with Crippen molar-refractivity contribution in [3.63, 3.8) is 0 Å². The molecule has 26 heavy (non-hydrogen) atoms. The highest BCUT2D eigenvalue weighted by atomic mass is 16.5. The lowest BCUT2D eigenvalue weighted by atomic mass is 10.1. The molecule has 0 spiro atoms. The second-order valence-corrected chi connectivity index (χ2v) is 5.90. The third-order valence-electron chi connectivity index (χ3n) is 3.65. The van der Waals surface area contributed by atoms with E-state index in [4.69, 9.17) is 9.15 Å². The second kappa shape index (κ2) is 7.87. The summed E-state index contributed by atoms with van der Waals surface area (Å²) >= 11 is 0. The number of ether oxygens (including phenoxy) is 1. The van der Waals surface area contributed by atoms with Crippen LogP contribution in [0.15, 0.2) is 35.0 Å². The van der Waals surface area contributed by atoms with Crippen molar-refractivity contribution in [2.45, 2.75) is 26.3 Å². The Kier molecular flexibility index (Phi) is 5.37. The maximum absolute atomic E-state index is 12.5. The number of benzene rings is 1. The Balaban J connectivity index is 1.77. The molecule has 3 aromatic rings. The molecule has 136 valence electrons. The van der Waals surface area contributed by atoms with Crippen molar-refractivity contribution < 1.29 is 13.9 Å². The Hall–Kier alpha value is -3.07. The number of methoxy groups -OCH3 is 1. The van der Waals surface area contributed by atoms with E-state index in [9.17, 15) is 4.79 Å². The number of carbonyl (C=O) groups excluding carboxylic acids is 1. The van der Waals surface area contributed by atoms with E-state index < -0.39 is 0 Å². The van der Waals surface area contributed by atoms with Gasteiger partial charge < -0.3 is 9.15 Å². The first kappa shape index (κ1) is 17.7. The van der Waals surface area contributed by atoms with Gasteiger partial charge in [0.1, 0.15) is 6.33 Å². The van der Waals surface area contributed by atoms with E-state index in [1.807, 2.05) is 13.8 Å². The number of aromatic nitrogens is 5. The summed E-state index contributed by atoms with van der Waals surface area (Å²) in [5, 5.41) is 14.9. The predicted molar refractivity (Wildman–Crippen MR) is 93.7 cm³/mol. The van der Waals surface area contributed by atoms with Gasteiger partial charge in [-0.2, -0.15) is 10.1 Å². The van der Waals surface area contributed by atoms with Crippen LogP contribution in [0.3, 0.4) is 0 Å². The van der Waals surface area contributed by atoms with Gasteiger partial charge in [-0.25, -0.2) is 4.68 Å². The lowest BCUT2D eigenvalue weighted by Gasteiger charge is -2.10. The van der Waals surface area contributed by atoms with E-state index in [1.54, 1.807) is 36.1 Å². The summed E-state index contributed by atoms with van der Waals surface area (Å²) in [6, 6.07) is 7.05. The molecule has 0 unspecified atom stereocenters. The van der Waals surface area contributed by atoms with Gasteiger partial charge in [0, 0.05) is 24.7 Å². The van der Waals surface area contributed by atoms with Crippen LogP contribution >= 0.6 is 0 Å². The van der Waals surface area contributed by atoms with Gasteiger partial charge >= 0.3 is 0 Å². The maximum Gasteiger partial charge on any atom is 0.258 e. The third kappa shape index (κ3) is 3.94. The molecular formula is C17H20N6O3. The number of nitrogens with zero attached hydrogens (tertiary/aromatic N) is 5. The molecule has 0 aliphatic heterocycles. The molecule has 0 saturated heterocycles. The van der Waals surface area contributed by atoms with Crippen molar-refractivity contribution in [2.24, 2.45) is 0 Å².